The van der Waals surface area contributed by atoms with E-state index in [0.29, 0.717) is 19.3 Å². The van der Waals surface area contributed by atoms with Gasteiger partial charge in [-0.1, -0.05) is 6.07 Å². The Morgan fingerprint density at radius 2 is 1.66 bits per heavy atom. The lowest BCUT2D eigenvalue weighted by Gasteiger charge is -2.35. The van der Waals surface area contributed by atoms with E-state index in [1.165, 1.54) is 26.4 Å². The van der Waals surface area contributed by atoms with Crippen molar-refractivity contribution in [2.45, 2.75) is 73.1 Å². The number of sulfone groups is 1. The molecule has 3 aliphatic carbocycles. The molecule has 0 unspecified atom stereocenters. The Kier molecular flexibility index (Phi) is 9.48. The van der Waals surface area contributed by atoms with Crippen molar-refractivity contribution in [3.05, 3.63) is 47.8 Å². The summed E-state index contributed by atoms with van der Waals surface area (Å²) in [6.45, 7) is 0. The average molecular weight is 687 g/mol. The van der Waals surface area contributed by atoms with Crippen molar-refractivity contribution in [1.29, 1.82) is 0 Å². The van der Waals surface area contributed by atoms with E-state index < -0.39 is 67.5 Å². The molecule has 256 valence electrons. The number of nitrogens with one attached hydrogen (secondary N) is 2. The van der Waals surface area contributed by atoms with E-state index in [-0.39, 0.29) is 60.3 Å². The van der Waals surface area contributed by atoms with Gasteiger partial charge in [-0.2, -0.15) is 13.2 Å². The first-order valence-electron chi connectivity index (χ1n) is 15.0. The molecule has 0 saturated heterocycles. The van der Waals surface area contributed by atoms with Gasteiger partial charge in [-0.3, -0.25) is 9.59 Å². The Hall–Kier alpha value is -3.92. The number of hydrogen-bond donors (Lipinski definition) is 3. The number of hydrogen-bond acceptors (Lipinski definition) is 8. The van der Waals surface area contributed by atoms with Crippen molar-refractivity contribution in [1.82, 2.24) is 5.32 Å². The lowest BCUT2D eigenvalue weighted by molar-refractivity contribution is -0.168. The Morgan fingerprint density at radius 1 is 0.979 bits per heavy atom. The predicted octanol–water partition coefficient (Wildman–Crippen LogP) is 4.70. The molecule has 11 nitrogen and oxygen atoms in total. The number of carbonyl (C=O) groups excluding carboxylic acids is 2. The number of amides is 2. The number of aliphatic carboxylic acids is 1. The molecule has 4 atom stereocenters. The number of methoxy groups -OCH3 is 2. The summed E-state index contributed by atoms with van der Waals surface area (Å²) < 4.78 is 94.4. The van der Waals surface area contributed by atoms with Crippen molar-refractivity contribution in [2.75, 3.05) is 19.5 Å². The second-order valence-corrected chi connectivity index (χ2v) is 14.1. The monoisotopic (exact) mass is 686 g/mol. The zero-order chi connectivity index (χ0) is 34.3. The standard InChI is InChI=1S/C31H34F4N2O9S/c1-44-23-15-22(32)24(46-19-8-10-30(45-2,11-9-19)29(40)41)14-21(23)27(38)37-26-17-7-6-16(12-17)25(26)28(39)36-18-4-3-5-20(13-18)47(42,43)31(33,34)35/h3-5,13-17,19,25-26H,6-12H2,1-2H3,(H,36,39)(H,37,38)(H,40,41)/t16-,17+,19?,25-,26+,30?/m0/s1. The van der Waals surface area contributed by atoms with Gasteiger partial charge in [-0.25, -0.2) is 17.6 Å². The molecule has 0 aromatic heterocycles. The maximum Gasteiger partial charge on any atom is 0.501 e. The molecule has 3 aliphatic rings. The van der Waals surface area contributed by atoms with Gasteiger partial charge in [0.2, 0.25) is 5.91 Å². The number of rotatable bonds is 10. The van der Waals surface area contributed by atoms with Crippen LogP contribution in [0.1, 0.15) is 55.3 Å². The first-order valence-corrected chi connectivity index (χ1v) is 16.4. The fraction of sp³-hybridized carbons (Fsp3) is 0.516. The second kappa shape index (κ2) is 12.9. The molecule has 2 aromatic carbocycles. The summed E-state index contributed by atoms with van der Waals surface area (Å²) in [5.41, 5.74) is -7.09. The van der Waals surface area contributed by atoms with E-state index in [1.807, 2.05) is 0 Å². The third-order valence-electron chi connectivity index (χ3n) is 9.55. The molecule has 5 rings (SSSR count). The lowest BCUT2D eigenvalue weighted by atomic mass is 9.83. The van der Waals surface area contributed by atoms with Crippen LogP contribution in [0.3, 0.4) is 0 Å². The Balaban J connectivity index is 1.32. The van der Waals surface area contributed by atoms with Crippen LogP contribution in [-0.2, 0) is 24.2 Å². The van der Waals surface area contributed by atoms with Gasteiger partial charge in [-0.15, -0.1) is 0 Å². The van der Waals surface area contributed by atoms with Gasteiger partial charge in [-0.05, 0) is 81.0 Å². The fourth-order valence-electron chi connectivity index (χ4n) is 7.04. The normalized spacial score (nSPS) is 27.2. The summed E-state index contributed by atoms with van der Waals surface area (Å²) in [5, 5.41) is 14.9. The highest BCUT2D eigenvalue weighted by Crippen LogP contribution is 2.49. The number of carbonyl (C=O) groups is 3. The van der Waals surface area contributed by atoms with Gasteiger partial charge in [0.05, 0.1) is 29.6 Å². The third kappa shape index (κ3) is 6.62. The Bertz CT molecular complexity index is 1660. The smallest absolute Gasteiger partial charge is 0.496 e. The quantitative estimate of drug-likeness (QED) is 0.302. The van der Waals surface area contributed by atoms with Crippen molar-refractivity contribution in [3.63, 3.8) is 0 Å². The van der Waals surface area contributed by atoms with Gasteiger partial charge in [0, 0.05) is 24.9 Å². The number of halogens is 4. The molecule has 0 heterocycles. The lowest BCUT2D eigenvalue weighted by Crippen LogP contribution is -2.48. The molecule has 0 spiro atoms. The van der Waals surface area contributed by atoms with Crippen LogP contribution >= 0.6 is 0 Å². The summed E-state index contributed by atoms with van der Waals surface area (Å²) in [4.78, 5) is 37.8. The molecule has 2 aromatic rings. The Morgan fingerprint density at radius 3 is 2.28 bits per heavy atom. The zero-order valence-corrected chi connectivity index (χ0v) is 26.3. The number of carboxylic acid groups (broad SMARTS) is 1. The van der Waals surface area contributed by atoms with E-state index in [2.05, 4.69) is 10.6 Å². The van der Waals surface area contributed by atoms with Crippen LogP contribution in [0.2, 0.25) is 0 Å². The minimum atomic E-state index is -5.64. The van der Waals surface area contributed by atoms with Crippen molar-refractivity contribution in [2.24, 2.45) is 17.8 Å². The maximum absolute atomic E-state index is 15.0. The van der Waals surface area contributed by atoms with Gasteiger partial charge in [0.25, 0.3) is 15.7 Å². The summed E-state index contributed by atoms with van der Waals surface area (Å²) in [7, 11) is -3.07. The van der Waals surface area contributed by atoms with Crippen LogP contribution in [0.25, 0.3) is 0 Å². The number of fused-ring (bicyclic) bond motifs is 2. The first kappa shape index (κ1) is 34.4. The minimum Gasteiger partial charge on any atom is -0.496 e. The van der Waals surface area contributed by atoms with Crippen LogP contribution in [0.4, 0.5) is 23.2 Å². The summed E-state index contributed by atoms with van der Waals surface area (Å²) in [6, 6.07) is 5.37. The summed E-state index contributed by atoms with van der Waals surface area (Å²) >= 11 is 0. The molecular weight excluding hydrogens is 652 g/mol. The molecule has 3 fully saturated rings. The fourth-order valence-corrected chi connectivity index (χ4v) is 7.84. The van der Waals surface area contributed by atoms with Crippen LogP contribution in [0.5, 0.6) is 11.5 Å². The van der Waals surface area contributed by atoms with Crippen LogP contribution in [0.15, 0.2) is 41.3 Å². The summed E-state index contributed by atoms with van der Waals surface area (Å²) in [5.74, 6) is -4.49. The molecule has 16 heteroatoms. The zero-order valence-electron chi connectivity index (χ0n) is 25.4. The first-order chi connectivity index (χ1) is 22.1. The third-order valence-corrected chi connectivity index (χ3v) is 11.0. The van der Waals surface area contributed by atoms with E-state index >= 15 is 4.39 Å². The number of alkyl halides is 3. The van der Waals surface area contributed by atoms with E-state index in [0.717, 1.165) is 24.3 Å². The van der Waals surface area contributed by atoms with Crippen LogP contribution < -0.4 is 20.1 Å². The molecule has 3 saturated carbocycles. The highest BCUT2D eigenvalue weighted by atomic mass is 32.2. The van der Waals surface area contributed by atoms with Gasteiger partial charge in [0.1, 0.15) is 5.75 Å². The molecule has 2 amide bonds. The van der Waals surface area contributed by atoms with Crippen molar-refractivity contribution < 1.29 is 59.7 Å². The number of benzene rings is 2. The van der Waals surface area contributed by atoms with Crippen molar-refractivity contribution >= 4 is 33.3 Å². The van der Waals surface area contributed by atoms with E-state index in [4.69, 9.17) is 14.2 Å². The van der Waals surface area contributed by atoms with E-state index in [9.17, 15) is 41.1 Å². The minimum absolute atomic E-state index is 0.0662. The van der Waals surface area contributed by atoms with Crippen molar-refractivity contribution in [3.8, 4) is 11.5 Å². The topological polar surface area (TPSA) is 157 Å². The van der Waals surface area contributed by atoms with Gasteiger partial charge in [0.15, 0.2) is 17.2 Å². The van der Waals surface area contributed by atoms with Crippen LogP contribution in [-0.4, -0.2) is 68.8 Å². The number of carboxylic acids is 1. The van der Waals surface area contributed by atoms with Crippen LogP contribution in [0, 0.1) is 23.6 Å². The average Bonchev–Trinajstić information content (AvgIpc) is 3.64. The maximum atomic E-state index is 15.0. The second-order valence-electron chi connectivity index (χ2n) is 12.1. The largest absolute Gasteiger partial charge is 0.501 e. The number of ether oxygens (including phenoxy) is 3. The summed E-state index contributed by atoms with van der Waals surface area (Å²) in [6.07, 6.45) is 2.29. The van der Waals surface area contributed by atoms with Gasteiger partial charge >= 0.3 is 11.5 Å². The molecule has 0 aliphatic heterocycles. The SMILES string of the molecule is COc1cc(F)c(OC2CCC(OC)(C(=O)O)CC2)cc1C(=O)N[C@@H]1[C@@H]2CC[C@@H](C2)[C@@H]1C(=O)Nc1cccc(S(=O)(=O)C(F)(F)F)c1. The predicted molar refractivity (Wildman–Crippen MR) is 157 cm³/mol. The van der Waals surface area contributed by atoms with Gasteiger partial charge < -0.3 is 30.0 Å². The number of anilines is 1. The molecule has 3 N–H and O–H groups in total. The molecule has 47 heavy (non-hydrogen) atoms. The highest BCUT2D eigenvalue weighted by Gasteiger charge is 2.52. The Labute approximate surface area is 267 Å². The molecular formula is C31H34F4N2O9S. The molecule has 0 radical (unpaired) electrons. The van der Waals surface area contributed by atoms with E-state index in [1.54, 1.807) is 0 Å². The highest BCUT2D eigenvalue weighted by molar-refractivity contribution is 7.92. The molecule has 2 bridgehead atoms.